The largest absolute Gasteiger partial charge is 0.320 e. The van der Waals surface area contributed by atoms with E-state index in [9.17, 15) is 12.8 Å². The molecule has 1 aliphatic rings. The standard InChI is InChI=1S/C14H20BrFN2O2S/c1-17-7-4-11-5-8-18(9-6-11)21(19,20)14-3-2-12(16)10-13(14)15/h2-3,10-11,17H,4-9H2,1H3. The van der Waals surface area contributed by atoms with Crippen molar-refractivity contribution in [2.24, 2.45) is 5.92 Å². The zero-order valence-electron chi connectivity index (χ0n) is 12.0. The quantitative estimate of drug-likeness (QED) is 0.856. The van der Waals surface area contributed by atoms with Crippen LogP contribution in [0.15, 0.2) is 27.6 Å². The number of rotatable bonds is 5. The van der Waals surface area contributed by atoms with Crippen molar-refractivity contribution in [1.82, 2.24) is 9.62 Å². The van der Waals surface area contributed by atoms with Gasteiger partial charge < -0.3 is 5.32 Å². The lowest BCUT2D eigenvalue weighted by molar-refractivity contribution is 0.263. The fourth-order valence-corrected chi connectivity index (χ4v) is 5.09. The highest BCUT2D eigenvalue weighted by atomic mass is 79.9. The lowest BCUT2D eigenvalue weighted by Gasteiger charge is -2.31. The Labute approximate surface area is 133 Å². The van der Waals surface area contributed by atoms with Gasteiger partial charge in [0.05, 0.1) is 4.90 Å². The molecule has 1 fully saturated rings. The van der Waals surface area contributed by atoms with Crippen molar-refractivity contribution < 1.29 is 12.8 Å². The summed E-state index contributed by atoms with van der Waals surface area (Å²) in [5, 5.41) is 3.12. The molecular formula is C14H20BrFN2O2S. The van der Waals surface area contributed by atoms with Gasteiger partial charge in [-0.25, -0.2) is 12.8 Å². The van der Waals surface area contributed by atoms with Crippen LogP contribution in [0.4, 0.5) is 4.39 Å². The minimum atomic E-state index is -3.55. The molecule has 0 bridgehead atoms. The molecule has 21 heavy (non-hydrogen) atoms. The van der Waals surface area contributed by atoms with E-state index in [1.165, 1.54) is 22.5 Å². The molecule has 2 rings (SSSR count). The van der Waals surface area contributed by atoms with E-state index in [4.69, 9.17) is 0 Å². The Morgan fingerprint density at radius 3 is 2.62 bits per heavy atom. The van der Waals surface area contributed by atoms with Crippen LogP contribution in [-0.2, 0) is 10.0 Å². The maximum absolute atomic E-state index is 13.1. The molecule has 0 aromatic heterocycles. The van der Waals surface area contributed by atoms with Crippen LogP contribution in [0.5, 0.6) is 0 Å². The molecule has 0 spiro atoms. The Morgan fingerprint density at radius 2 is 2.05 bits per heavy atom. The molecule has 1 aliphatic heterocycles. The molecular weight excluding hydrogens is 359 g/mol. The molecule has 1 saturated heterocycles. The molecule has 0 aliphatic carbocycles. The Hall–Kier alpha value is -0.500. The predicted molar refractivity (Wildman–Crippen MR) is 84.1 cm³/mol. The van der Waals surface area contributed by atoms with Crippen molar-refractivity contribution in [1.29, 1.82) is 0 Å². The molecule has 0 unspecified atom stereocenters. The number of hydrogen-bond acceptors (Lipinski definition) is 3. The van der Waals surface area contributed by atoms with Crippen molar-refractivity contribution in [3.8, 4) is 0 Å². The van der Waals surface area contributed by atoms with Crippen molar-refractivity contribution in [2.45, 2.75) is 24.2 Å². The second-order valence-corrected chi connectivity index (χ2v) is 8.08. The first kappa shape index (κ1) is 16.9. The minimum Gasteiger partial charge on any atom is -0.320 e. The first-order valence-electron chi connectivity index (χ1n) is 7.05. The number of piperidine rings is 1. The van der Waals surface area contributed by atoms with Crippen LogP contribution in [0.2, 0.25) is 0 Å². The van der Waals surface area contributed by atoms with Gasteiger partial charge in [-0.2, -0.15) is 4.31 Å². The first-order chi connectivity index (χ1) is 9.95. The first-order valence-corrected chi connectivity index (χ1v) is 9.28. The molecule has 4 nitrogen and oxygen atoms in total. The number of hydrogen-bond donors (Lipinski definition) is 1. The van der Waals surface area contributed by atoms with Gasteiger partial charge in [0.2, 0.25) is 10.0 Å². The lowest BCUT2D eigenvalue weighted by Crippen LogP contribution is -2.39. The maximum atomic E-state index is 13.1. The smallest absolute Gasteiger partial charge is 0.244 e. The molecule has 7 heteroatoms. The molecule has 1 aromatic rings. The highest BCUT2D eigenvalue weighted by Gasteiger charge is 2.30. The third-order valence-electron chi connectivity index (χ3n) is 3.89. The second kappa shape index (κ2) is 7.17. The summed E-state index contributed by atoms with van der Waals surface area (Å²) in [7, 11) is -1.63. The Morgan fingerprint density at radius 1 is 1.38 bits per heavy atom. The summed E-state index contributed by atoms with van der Waals surface area (Å²) in [6, 6.07) is 3.69. The van der Waals surface area contributed by atoms with Gasteiger partial charge >= 0.3 is 0 Å². The van der Waals surface area contributed by atoms with Crippen LogP contribution in [0.25, 0.3) is 0 Å². The van der Waals surface area contributed by atoms with Crippen molar-refractivity contribution in [3.63, 3.8) is 0 Å². The monoisotopic (exact) mass is 378 g/mol. The van der Waals surface area contributed by atoms with E-state index < -0.39 is 15.8 Å². The average molecular weight is 379 g/mol. The fourth-order valence-electron chi connectivity index (χ4n) is 2.61. The van der Waals surface area contributed by atoms with E-state index in [1.54, 1.807) is 0 Å². The van der Waals surface area contributed by atoms with Gasteiger partial charge in [0.1, 0.15) is 5.82 Å². The van der Waals surface area contributed by atoms with Crippen molar-refractivity contribution >= 4 is 26.0 Å². The maximum Gasteiger partial charge on any atom is 0.244 e. The molecule has 0 amide bonds. The van der Waals surface area contributed by atoms with Gasteiger partial charge in [0, 0.05) is 17.6 Å². The summed E-state index contributed by atoms with van der Waals surface area (Å²) >= 11 is 3.14. The third kappa shape index (κ3) is 4.03. The van der Waals surface area contributed by atoms with E-state index in [0.717, 1.165) is 25.8 Å². The molecule has 0 radical (unpaired) electrons. The summed E-state index contributed by atoms with van der Waals surface area (Å²) in [5.74, 6) is 0.118. The number of sulfonamides is 1. The number of nitrogens with one attached hydrogen (secondary N) is 1. The van der Waals surface area contributed by atoms with Gasteiger partial charge in [0.15, 0.2) is 0 Å². The molecule has 1 heterocycles. The molecule has 0 saturated carbocycles. The third-order valence-corrected chi connectivity index (χ3v) is 6.76. The van der Waals surface area contributed by atoms with Crippen LogP contribution >= 0.6 is 15.9 Å². The molecule has 1 N–H and O–H groups in total. The summed E-state index contributed by atoms with van der Waals surface area (Å²) in [6.45, 7) is 2.02. The lowest BCUT2D eigenvalue weighted by atomic mass is 9.95. The Bertz CT molecular complexity index is 587. The number of nitrogens with zero attached hydrogens (tertiary/aromatic N) is 1. The van der Waals surface area contributed by atoms with E-state index >= 15 is 0 Å². The fraction of sp³-hybridized carbons (Fsp3) is 0.571. The SMILES string of the molecule is CNCCC1CCN(S(=O)(=O)c2ccc(F)cc2Br)CC1. The summed E-state index contributed by atoms with van der Waals surface area (Å²) < 4.78 is 40.1. The van der Waals surface area contributed by atoms with Crippen LogP contribution < -0.4 is 5.32 Å². The molecule has 1 aromatic carbocycles. The zero-order chi connectivity index (χ0) is 15.5. The summed E-state index contributed by atoms with van der Waals surface area (Å²) in [5.41, 5.74) is 0. The van der Waals surface area contributed by atoms with Crippen LogP contribution in [0.3, 0.4) is 0 Å². The van der Waals surface area contributed by atoms with Crippen LogP contribution in [0.1, 0.15) is 19.3 Å². The van der Waals surface area contributed by atoms with E-state index in [1.807, 2.05) is 7.05 Å². The normalized spacial score (nSPS) is 18.0. The minimum absolute atomic E-state index is 0.137. The highest BCUT2D eigenvalue weighted by molar-refractivity contribution is 9.10. The molecule has 0 atom stereocenters. The van der Waals surface area contributed by atoms with Crippen LogP contribution in [0, 0.1) is 11.7 Å². The molecule has 118 valence electrons. The zero-order valence-corrected chi connectivity index (χ0v) is 14.4. The number of benzene rings is 1. The van der Waals surface area contributed by atoms with Gasteiger partial charge in [-0.15, -0.1) is 0 Å². The predicted octanol–water partition coefficient (Wildman–Crippen LogP) is 2.60. The van der Waals surface area contributed by atoms with E-state index in [0.29, 0.717) is 19.0 Å². The highest BCUT2D eigenvalue weighted by Crippen LogP contribution is 2.29. The topological polar surface area (TPSA) is 49.4 Å². The summed E-state index contributed by atoms with van der Waals surface area (Å²) in [4.78, 5) is 0.137. The van der Waals surface area contributed by atoms with Gasteiger partial charge in [-0.05, 0) is 72.9 Å². The van der Waals surface area contributed by atoms with Crippen molar-refractivity contribution in [2.75, 3.05) is 26.7 Å². The van der Waals surface area contributed by atoms with Gasteiger partial charge in [0.25, 0.3) is 0 Å². The van der Waals surface area contributed by atoms with E-state index in [-0.39, 0.29) is 9.37 Å². The van der Waals surface area contributed by atoms with E-state index in [2.05, 4.69) is 21.2 Å². The van der Waals surface area contributed by atoms with Crippen LogP contribution in [-0.4, -0.2) is 39.4 Å². The summed E-state index contributed by atoms with van der Waals surface area (Å²) in [6.07, 6.45) is 2.82. The van der Waals surface area contributed by atoms with Gasteiger partial charge in [-0.1, -0.05) is 0 Å². The Balaban J connectivity index is 2.08. The van der Waals surface area contributed by atoms with Gasteiger partial charge in [-0.3, -0.25) is 0 Å². The Kier molecular flexibility index (Phi) is 5.76. The number of halogens is 2. The van der Waals surface area contributed by atoms with Crippen molar-refractivity contribution in [3.05, 3.63) is 28.5 Å². The second-order valence-electron chi connectivity index (χ2n) is 5.31. The average Bonchev–Trinajstić information content (AvgIpc) is 2.45.